The second-order valence-corrected chi connectivity index (χ2v) is 9.29. The number of fused-ring (bicyclic) bond motifs is 1. The molecule has 1 heterocycles. The van der Waals surface area contributed by atoms with Crippen LogP contribution < -0.4 is 5.32 Å². The molecule has 0 saturated heterocycles. The number of benzene rings is 2. The Morgan fingerprint density at radius 3 is 2.70 bits per heavy atom. The van der Waals surface area contributed by atoms with E-state index in [9.17, 15) is 4.79 Å². The number of unbranched alkanes of at least 4 members (excludes halogenated alkanes) is 1. The van der Waals surface area contributed by atoms with E-state index >= 15 is 0 Å². The van der Waals surface area contributed by atoms with E-state index in [1.807, 2.05) is 54.6 Å². The number of allylic oxidation sites excluding steroid dienone is 2. The first-order chi connectivity index (χ1) is 14.5. The minimum atomic E-state index is -0.207. The molecule has 3 nitrogen and oxygen atoms in total. The highest BCUT2D eigenvalue weighted by Gasteiger charge is 2.26. The van der Waals surface area contributed by atoms with E-state index < -0.39 is 0 Å². The van der Waals surface area contributed by atoms with Gasteiger partial charge in [-0.2, -0.15) is 0 Å². The first-order valence-corrected chi connectivity index (χ1v) is 11.6. The van der Waals surface area contributed by atoms with Crippen LogP contribution >= 0.6 is 35.0 Å². The summed E-state index contributed by atoms with van der Waals surface area (Å²) < 4.78 is 0. The van der Waals surface area contributed by atoms with Crippen LogP contribution in [0.4, 0.5) is 0 Å². The normalized spacial score (nSPS) is 17.7. The van der Waals surface area contributed by atoms with Gasteiger partial charge in [0.25, 0.3) is 0 Å². The maximum absolute atomic E-state index is 12.6. The van der Waals surface area contributed by atoms with Crippen molar-refractivity contribution in [2.75, 3.05) is 6.54 Å². The third-order valence-electron chi connectivity index (χ3n) is 5.13. The van der Waals surface area contributed by atoms with Crippen molar-refractivity contribution in [1.29, 1.82) is 0 Å². The Morgan fingerprint density at radius 2 is 1.93 bits per heavy atom. The van der Waals surface area contributed by atoms with Gasteiger partial charge in [0.05, 0.1) is 17.3 Å². The third kappa shape index (κ3) is 4.66. The minimum Gasteiger partial charge on any atom is -0.356 e. The fourth-order valence-electron chi connectivity index (χ4n) is 3.49. The standard InChI is InChI=1S/C24H22Cl2N2OS/c1-2-3-12-27-24(29)16-6-11-21-20(13-16)28-23(15-4-7-17(25)8-5-15)19-10-9-18(26)14-22(19)30-21/h4-11,14,16H,2-3,12-13H2,1H3,(H,27,29). The van der Waals surface area contributed by atoms with E-state index in [0.717, 1.165) is 45.2 Å². The van der Waals surface area contributed by atoms with Crippen molar-refractivity contribution < 1.29 is 4.79 Å². The molecular weight excluding hydrogens is 435 g/mol. The monoisotopic (exact) mass is 456 g/mol. The minimum absolute atomic E-state index is 0.0595. The van der Waals surface area contributed by atoms with Crippen molar-refractivity contribution >= 4 is 46.6 Å². The molecule has 30 heavy (non-hydrogen) atoms. The molecule has 2 aromatic rings. The van der Waals surface area contributed by atoms with Crippen LogP contribution in [-0.4, -0.2) is 18.2 Å². The van der Waals surface area contributed by atoms with E-state index in [2.05, 4.69) is 12.2 Å². The smallest absolute Gasteiger partial charge is 0.227 e. The molecule has 1 unspecified atom stereocenters. The summed E-state index contributed by atoms with van der Waals surface area (Å²) in [6.07, 6.45) is 6.63. The lowest BCUT2D eigenvalue weighted by atomic mass is 9.96. The number of hydrogen-bond acceptors (Lipinski definition) is 3. The molecule has 4 rings (SSSR count). The van der Waals surface area contributed by atoms with Crippen molar-refractivity contribution in [3.8, 4) is 0 Å². The first-order valence-electron chi connectivity index (χ1n) is 10.1. The summed E-state index contributed by atoms with van der Waals surface area (Å²) in [6.45, 7) is 2.83. The molecule has 2 aliphatic rings. The van der Waals surface area contributed by atoms with Gasteiger partial charge in [-0.1, -0.05) is 72.6 Å². The first kappa shape index (κ1) is 21.2. The number of nitrogens with zero attached hydrogens (tertiary/aromatic N) is 1. The Labute approximate surface area is 191 Å². The van der Waals surface area contributed by atoms with Gasteiger partial charge < -0.3 is 5.32 Å². The Bertz CT molecular complexity index is 1060. The topological polar surface area (TPSA) is 41.5 Å². The summed E-state index contributed by atoms with van der Waals surface area (Å²) in [5.74, 6) is -0.148. The average Bonchev–Trinajstić information content (AvgIpc) is 2.90. The number of aliphatic imine (C=N–C) groups is 1. The Kier molecular flexibility index (Phi) is 6.67. The van der Waals surface area contributed by atoms with Gasteiger partial charge in [-0.15, -0.1) is 0 Å². The van der Waals surface area contributed by atoms with Crippen LogP contribution in [0.15, 0.2) is 75.1 Å². The van der Waals surface area contributed by atoms with Gasteiger partial charge in [0.1, 0.15) is 0 Å². The molecule has 6 heteroatoms. The van der Waals surface area contributed by atoms with Crippen LogP contribution in [-0.2, 0) is 4.79 Å². The Hall–Kier alpha value is -2.01. The van der Waals surface area contributed by atoms with Crippen LogP contribution in [0.3, 0.4) is 0 Å². The van der Waals surface area contributed by atoms with Crippen molar-refractivity contribution in [2.45, 2.75) is 31.1 Å². The lowest BCUT2D eigenvalue weighted by Gasteiger charge is -2.19. The number of amides is 1. The second kappa shape index (κ2) is 9.42. The summed E-state index contributed by atoms with van der Waals surface area (Å²) in [7, 11) is 0. The summed E-state index contributed by atoms with van der Waals surface area (Å²) in [6, 6.07) is 13.6. The molecule has 0 radical (unpaired) electrons. The lowest BCUT2D eigenvalue weighted by Crippen LogP contribution is -2.31. The summed E-state index contributed by atoms with van der Waals surface area (Å²) >= 11 is 14.0. The molecule has 0 bridgehead atoms. The van der Waals surface area contributed by atoms with Crippen molar-refractivity contribution in [1.82, 2.24) is 5.32 Å². The van der Waals surface area contributed by atoms with Gasteiger partial charge in [-0.05, 0) is 36.8 Å². The number of rotatable bonds is 5. The highest BCUT2D eigenvalue weighted by molar-refractivity contribution is 8.03. The van der Waals surface area contributed by atoms with E-state index in [1.165, 1.54) is 0 Å². The van der Waals surface area contributed by atoms with E-state index in [-0.39, 0.29) is 11.8 Å². The summed E-state index contributed by atoms with van der Waals surface area (Å²) in [4.78, 5) is 19.8. The van der Waals surface area contributed by atoms with Gasteiger partial charge in [0.15, 0.2) is 0 Å². The number of carbonyl (C=O) groups is 1. The maximum Gasteiger partial charge on any atom is 0.227 e. The largest absolute Gasteiger partial charge is 0.356 e. The molecule has 0 fully saturated rings. The number of carbonyl (C=O) groups excluding carboxylic acids is 1. The Morgan fingerprint density at radius 1 is 1.17 bits per heavy atom. The summed E-state index contributed by atoms with van der Waals surface area (Å²) in [5, 5.41) is 4.41. The van der Waals surface area contributed by atoms with Gasteiger partial charge in [0, 0.05) is 43.9 Å². The van der Waals surface area contributed by atoms with Crippen LogP contribution in [0.2, 0.25) is 10.0 Å². The molecule has 1 aliphatic carbocycles. The number of hydrogen-bond donors (Lipinski definition) is 1. The second-order valence-electron chi connectivity index (χ2n) is 7.34. The predicted octanol–water partition coefficient (Wildman–Crippen LogP) is 6.64. The Balaban J connectivity index is 1.70. The zero-order valence-electron chi connectivity index (χ0n) is 16.6. The molecule has 1 amide bonds. The van der Waals surface area contributed by atoms with Crippen molar-refractivity contribution in [2.24, 2.45) is 10.9 Å². The molecule has 0 aromatic heterocycles. The molecule has 1 aliphatic heterocycles. The van der Waals surface area contributed by atoms with Gasteiger partial charge in [0.2, 0.25) is 5.91 Å². The van der Waals surface area contributed by atoms with Gasteiger partial charge >= 0.3 is 0 Å². The lowest BCUT2D eigenvalue weighted by molar-refractivity contribution is -0.123. The van der Waals surface area contributed by atoms with Crippen LogP contribution in [0, 0.1) is 5.92 Å². The van der Waals surface area contributed by atoms with Crippen LogP contribution in [0.1, 0.15) is 37.3 Å². The predicted molar refractivity (Wildman–Crippen MR) is 127 cm³/mol. The average molecular weight is 457 g/mol. The zero-order chi connectivity index (χ0) is 21.1. The molecule has 1 atom stereocenters. The fraction of sp³-hybridized carbons (Fsp3) is 0.250. The fourth-order valence-corrected chi connectivity index (χ4v) is 4.94. The van der Waals surface area contributed by atoms with E-state index in [4.69, 9.17) is 28.2 Å². The zero-order valence-corrected chi connectivity index (χ0v) is 18.9. The van der Waals surface area contributed by atoms with Crippen molar-refractivity contribution in [3.63, 3.8) is 0 Å². The van der Waals surface area contributed by atoms with Gasteiger partial charge in [-0.3, -0.25) is 9.79 Å². The molecule has 0 saturated carbocycles. The maximum atomic E-state index is 12.6. The molecule has 1 N–H and O–H groups in total. The molecule has 154 valence electrons. The molecule has 0 spiro atoms. The van der Waals surface area contributed by atoms with E-state index in [1.54, 1.807) is 11.8 Å². The quantitative estimate of drug-likeness (QED) is 0.512. The summed E-state index contributed by atoms with van der Waals surface area (Å²) in [5.41, 5.74) is 3.81. The number of thioether (sulfide) groups is 1. The van der Waals surface area contributed by atoms with E-state index in [0.29, 0.717) is 23.0 Å². The SMILES string of the molecule is CCCCNC(=O)C1C=CC2=C(C1)N=C(c1ccc(Cl)cc1)c1ccc(Cl)cc1S2. The molecule has 2 aromatic carbocycles. The van der Waals surface area contributed by atoms with Crippen LogP contribution in [0.25, 0.3) is 0 Å². The number of nitrogens with one attached hydrogen (secondary N) is 1. The van der Waals surface area contributed by atoms with Crippen LogP contribution in [0.5, 0.6) is 0 Å². The van der Waals surface area contributed by atoms with Crippen molar-refractivity contribution in [3.05, 3.63) is 86.4 Å². The highest BCUT2D eigenvalue weighted by atomic mass is 35.5. The number of halogens is 2. The molecular formula is C24H22Cl2N2OS. The highest BCUT2D eigenvalue weighted by Crippen LogP contribution is 2.42. The van der Waals surface area contributed by atoms with Gasteiger partial charge in [-0.25, -0.2) is 0 Å². The third-order valence-corrected chi connectivity index (χ3v) is 6.76.